The van der Waals surface area contributed by atoms with Crippen molar-refractivity contribution in [3.63, 3.8) is 0 Å². The zero-order valence-electron chi connectivity index (χ0n) is 6.75. The molecule has 3 heteroatoms. The lowest BCUT2D eigenvalue weighted by molar-refractivity contribution is -0.141. The van der Waals surface area contributed by atoms with E-state index in [2.05, 4.69) is 4.74 Å². The van der Waals surface area contributed by atoms with E-state index in [4.69, 9.17) is 5.11 Å². The van der Waals surface area contributed by atoms with Crippen molar-refractivity contribution in [1.82, 2.24) is 0 Å². The Kier molecular flexibility index (Phi) is 2.88. The Morgan fingerprint density at radius 1 is 1.64 bits per heavy atom. The predicted molar refractivity (Wildman–Crippen MR) is 39.9 cm³/mol. The van der Waals surface area contributed by atoms with Crippen LogP contribution in [0, 0.1) is 11.8 Å². The summed E-state index contributed by atoms with van der Waals surface area (Å²) in [6, 6.07) is 0. The van der Waals surface area contributed by atoms with Gasteiger partial charge in [-0.15, -0.1) is 0 Å². The number of aliphatic hydroxyl groups is 1. The van der Waals surface area contributed by atoms with E-state index in [0.29, 0.717) is 18.3 Å². The number of carbonyl (C=O) groups is 1. The highest BCUT2D eigenvalue weighted by Crippen LogP contribution is 2.43. The van der Waals surface area contributed by atoms with Crippen LogP contribution in [0.25, 0.3) is 0 Å². The Hall–Kier alpha value is -0.570. The molecule has 0 amide bonds. The van der Waals surface area contributed by atoms with Crippen LogP contribution >= 0.6 is 0 Å². The highest BCUT2D eigenvalue weighted by Gasteiger charge is 2.37. The minimum Gasteiger partial charge on any atom is -0.469 e. The molecule has 1 saturated carbocycles. The standard InChI is InChI=1S/C8H14O3/c1-11-8(10)5-7-4-6(7)2-3-9/h6-7,9H,2-5H2,1H3/t6-,7+/m1/s1. The van der Waals surface area contributed by atoms with Gasteiger partial charge in [0.2, 0.25) is 0 Å². The maximum atomic E-state index is 10.7. The summed E-state index contributed by atoms with van der Waals surface area (Å²) in [5, 5.41) is 8.57. The SMILES string of the molecule is COC(=O)C[C@@H]1C[C@H]1CCO. The van der Waals surface area contributed by atoms with Crippen molar-refractivity contribution in [3.8, 4) is 0 Å². The molecule has 0 aromatic rings. The second-order valence-corrected chi connectivity index (χ2v) is 3.05. The van der Waals surface area contributed by atoms with Gasteiger partial charge in [0.25, 0.3) is 0 Å². The third-order valence-electron chi connectivity index (χ3n) is 2.23. The average Bonchev–Trinajstić information content (AvgIpc) is 2.69. The second-order valence-electron chi connectivity index (χ2n) is 3.05. The number of aliphatic hydroxyl groups excluding tert-OH is 1. The monoisotopic (exact) mass is 158 g/mol. The van der Waals surface area contributed by atoms with Gasteiger partial charge in [0.05, 0.1) is 7.11 Å². The van der Waals surface area contributed by atoms with Crippen molar-refractivity contribution in [3.05, 3.63) is 0 Å². The third kappa shape index (κ3) is 2.50. The Morgan fingerprint density at radius 2 is 2.36 bits per heavy atom. The molecule has 0 bridgehead atoms. The van der Waals surface area contributed by atoms with E-state index in [1.54, 1.807) is 0 Å². The summed E-state index contributed by atoms with van der Waals surface area (Å²) in [5.41, 5.74) is 0. The fraction of sp³-hybridized carbons (Fsp3) is 0.875. The molecule has 3 nitrogen and oxygen atoms in total. The second kappa shape index (κ2) is 3.72. The fourth-order valence-corrected chi connectivity index (χ4v) is 1.38. The van der Waals surface area contributed by atoms with Crippen molar-refractivity contribution < 1.29 is 14.6 Å². The molecule has 1 rings (SSSR count). The summed E-state index contributed by atoms with van der Waals surface area (Å²) in [5.74, 6) is 0.920. The number of rotatable bonds is 4. The largest absolute Gasteiger partial charge is 0.469 e. The van der Waals surface area contributed by atoms with Gasteiger partial charge in [0.1, 0.15) is 0 Å². The van der Waals surface area contributed by atoms with Gasteiger partial charge in [-0.1, -0.05) is 0 Å². The van der Waals surface area contributed by atoms with E-state index >= 15 is 0 Å². The molecule has 64 valence electrons. The molecule has 1 N–H and O–H groups in total. The molecule has 0 aliphatic heterocycles. The summed E-state index contributed by atoms with van der Waals surface area (Å²) in [6.07, 6.45) is 2.44. The first-order valence-electron chi connectivity index (χ1n) is 3.95. The molecule has 0 aromatic heterocycles. The molecule has 2 atom stereocenters. The highest BCUT2D eigenvalue weighted by atomic mass is 16.5. The number of hydrogen-bond acceptors (Lipinski definition) is 3. The first-order valence-corrected chi connectivity index (χ1v) is 3.95. The van der Waals surface area contributed by atoms with Crippen molar-refractivity contribution in [2.24, 2.45) is 11.8 Å². The van der Waals surface area contributed by atoms with E-state index in [-0.39, 0.29) is 12.6 Å². The van der Waals surface area contributed by atoms with E-state index in [9.17, 15) is 4.79 Å². The fourth-order valence-electron chi connectivity index (χ4n) is 1.38. The molecule has 0 radical (unpaired) electrons. The Bertz CT molecular complexity index is 144. The Morgan fingerprint density at radius 3 is 2.91 bits per heavy atom. The van der Waals surface area contributed by atoms with Crippen molar-refractivity contribution in [2.75, 3.05) is 13.7 Å². The molecule has 0 heterocycles. The number of ether oxygens (including phenoxy) is 1. The maximum absolute atomic E-state index is 10.7. The van der Waals surface area contributed by atoms with E-state index in [0.717, 1.165) is 12.8 Å². The van der Waals surface area contributed by atoms with Crippen molar-refractivity contribution >= 4 is 5.97 Å². The molecule has 0 aromatic carbocycles. The quantitative estimate of drug-likeness (QED) is 0.608. The molecule has 0 spiro atoms. The molecule has 11 heavy (non-hydrogen) atoms. The van der Waals surface area contributed by atoms with Crippen LogP contribution in [0.3, 0.4) is 0 Å². The van der Waals surface area contributed by atoms with Gasteiger partial charge in [-0.25, -0.2) is 0 Å². The van der Waals surface area contributed by atoms with Gasteiger partial charge in [0, 0.05) is 13.0 Å². The summed E-state index contributed by atoms with van der Waals surface area (Å²) in [7, 11) is 1.41. The minimum atomic E-state index is -0.129. The number of methoxy groups -OCH3 is 1. The van der Waals surface area contributed by atoms with Gasteiger partial charge in [-0.2, -0.15) is 0 Å². The van der Waals surface area contributed by atoms with Crippen LogP contribution in [-0.4, -0.2) is 24.8 Å². The zero-order chi connectivity index (χ0) is 8.27. The molecule has 1 aliphatic carbocycles. The summed E-state index contributed by atoms with van der Waals surface area (Å²) in [6.45, 7) is 0.238. The van der Waals surface area contributed by atoms with Crippen LogP contribution in [-0.2, 0) is 9.53 Å². The van der Waals surface area contributed by atoms with Crippen molar-refractivity contribution in [1.29, 1.82) is 0 Å². The molecule has 1 aliphatic rings. The van der Waals surface area contributed by atoms with E-state index < -0.39 is 0 Å². The predicted octanol–water partition coefficient (Wildman–Crippen LogP) is 0.568. The molecule has 0 saturated heterocycles. The van der Waals surface area contributed by atoms with Crippen LogP contribution in [0.1, 0.15) is 19.3 Å². The topological polar surface area (TPSA) is 46.5 Å². The highest BCUT2D eigenvalue weighted by molar-refractivity contribution is 5.69. The first kappa shape index (κ1) is 8.53. The summed E-state index contributed by atoms with van der Waals surface area (Å²) >= 11 is 0. The first-order chi connectivity index (χ1) is 5.27. The molecular formula is C8H14O3. The lowest BCUT2D eigenvalue weighted by Crippen LogP contribution is -2.02. The van der Waals surface area contributed by atoms with Gasteiger partial charge < -0.3 is 9.84 Å². The van der Waals surface area contributed by atoms with Gasteiger partial charge in [-0.3, -0.25) is 4.79 Å². The minimum absolute atomic E-state index is 0.129. The lowest BCUT2D eigenvalue weighted by atomic mass is 10.2. The Balaban J connectivity index is 2.08. The maximum Gasteiger partial charge on any atom is 0.305 e. The molecule has 1 fully saturated rings. The van der Waals surface area contributed by atoms with Crippen LogP contribution < -0.4 is 0 Å². The van der Waals surface area contributed by atoms with Crippen molar-refractivity contribution in [2.45, 2.75) is 19.3 Å². The zero-order valence-corrected chi connectivity index (χ0v) is 6.75. The van der Waals surface area contributed by atoms with Crippen LogP contribution in [0.2, 0.25) is 0 Å². The average molecular weight is 158 g/mol. The Labute approximate surface area is 66.4 Å². The number of carbonyl (C=O) groups excluding carboxylic acids is 1. The van der Waals surface area contributed by atoms with E-state index in [1.165, 1.54) is 7.11 Å². The van der Waals surface area contributed by atoms with Crippen LogP contribution in [0.4, 0.5) is 0 Å². The van der Waals surface area contributed by atoms with Crippen LogP contribution in [0.5, 0.6) is 0 Å². The molecule has 0 unspecified atom stereocenters. The normalized spacial score (nSPS) is 28.2. The van der Waals surface area contributed by atoms with Gasteiger partial charge in [0.15, 0.2) is 0 Å². The summed E-state index contributed by atoms with van der Waals surface area (Å²) in [4.78, 5) is 10.7. The number of hydrogen-bond donors (Lipinski definition) is 1. The summed E-state index contributed by atoms with van der Waals surface area (Å²) < 4.78 is 4.53. The smallest absolute Gasteiger partial charge is 0.305 e. The third-order valence-corrected chi connectivity index (χ3v) is 2.23. The number of esters is 1. The van der Waals surface area contributed by atoms with Crippen LogP contribution in [0.15, 0.2) is 0 Å². The molecular weight excluding hydrogens is 144 g/mol. The van der Waals surface area contributed by atoms with E-state index in [1.807, 2.05) is 0 Å². The van der Waals surface area contributed by atoms with Gasteiger partial charge >= 0.3 is 5.97 Å². The van der Waals surface area contributed by atoms with Gasteiger partial charge in [-0.05, 0) is 24.7 Å². The lowest BCUT2D eigenvalue weighted by Gasteiger charge is -1.96.